The van der Waals surface area contributed by atoms with Crippen molar-refractivity contribution in [1.29, 1.82) is 0 Å². The topological polar surface area (TPSA) is 63.2 Å². The van der Waals surface area contributed by atoms with Crippen molar-refractivity contribution in [2.24, 2.45) is 0 Å². The summed E-state index contributed by atoms with van der Waals surface area (Å²) in [4.78, 5) is 15.3. The molecule has 1 heterocycles. The number of carbonyl (C=O) groups is 1. The Labute approximate surface area is 109 Å². The number of fused-ring (bicyclic) bond motifs is 1. The normalized spacial score (nSPS) is 9.83. The van der Waals surface area contributed by atoms with Gasteiger partial charge in [0, 0.05) is 11.6 Å². The molecule has 0 aliphatic carbocycles. The highest BCUT2D eigenvalue weighted by atomic mass is 32.1. The van der Waals surface area contributed by atoms with Crippen molar-refractivity contribution in [3.63, 3.8) is 0 Å². The van der Waals surface area contributed by atoms with Crippen molar-refractivity contribution < 1.29 is 9.53 Å². The fraction of sp³-hybridized carbons (Fsp3) is 0.0833. The zero-order chi connectivity index (χ0) is 13.0. The number of thiocarbonyl (C=S) groups is 1. The fourth-order valence-corrected chi connectivity index (χ4v) is 1.70. The van der Waals surface area contributed by atoms with Crippen molar-refractivity contribution in [3.05, 3.63) is 36.5 Å². The molecule has 92 valence electrons. The third-order valence-corrected chi connectivity index (χ3v) is 2.49. The summed E-state index contributed by atoms with van der Waals surface area (Å²) in [6.45, 7) is 0. The summed E-state index contributed by atoms with van der Waals surface area (Å²) in [5, 5.41) is 6.44. The second-order valence-electron chi connectivity index (χ2n) is 3.45. The van der Waals surface area contributed by atoms with Gasteiger partial charge in [-0.05, 0) is 24.4 Å². The summed E-state index contributed by atoms with van der Waals surface area (Å²) in [7, 11) is 1.28. The van der Waals surface area contributed by atoms with Crippen LogP contribution in [0.4, 0.5) is 10.5 Å². The maximum Gasteiger partial charge on any atom is 0.413 e. The van der Waals surface area contributed by atoms with Gasteiger partial charge in [0.1, 0.15) is 0 Å². The second kappa shape index (κ2) is 5.42. The van der Waals surface area contributed by atoms with Gasteiger partial charge in [-0.2, -0.15) is 0 Å². The van der Waals surface area contributed by atoms with Crippen LogP contribution in [0.1, 0.15) is 0 Å². The van der Waals surface area contributed by atoms with E-state index >= 15 is 0 Å². The molecule has 1 amide bonds. The van der Waals surface area contributed by atoms with Gasteiger partial charge in [0.05, 0.1) is 18.3 Å². The lowest BCUT2D eigenvalue weighted by atomic mass is 10.2. The minimum atomic E-state index is -0.610. The number of hydrogen-bond donors (Lipinski definition) is 2. The summed E-state index contributed by atoms with van der Waals surface area (Å²) in [5.74, 6) is 0. The van der Waals surface area contributed by atoms with Crippen molar-refractivity contribution >= 4 is 40.0 Å². The molecule has 1 aromatic heterocycles. The number of carbonyl (C=O) groups excluding carboxylic acids is 1. The molecule has 0 aliphatic rings. The Morgan fingerprint density at radius 1 is 1.33 bits per heavy atom. The number of amides is 1. The lowest BCUT2D eigenvalue weighted by Gasteiger charge is -2.10. The molecule has 0 fully saturated rings. The molecule has 1 aromatic carbocycles. The predicted octanol–water partition coefficient (Wildman–Crippen LogP) is 2.29. The van der Waals surface area contributed by atoms with Gasteiger partial charge in [-0.3, -0.25) is 10.3 Å². The molecule has 5 nitrogen and oxygen atoms in total. The molecule has 18 heavy (non-hydrogen) atoms. The Morgan fingerprint density at radius 3 is 2.89 bits per heavy atom. The Morgan fingerprint density at radius 2 is 2.11 bits per heavy atom. The van der Waals surface area contributed by atoms with E-state index in [2.05, 4.69) is 20.4 Å². The van der Waals surface area contributed by atoms with Gasteiger partial charge in [0.2, 0.25) is 0 Å². The number of nitrogens with zero attached hydrogens (tertiary/aromatic N) is 1. The van der Waals surface area contributed by atoms with Crippen LogP contribution < -0.4 is 10.6 Å². The molecule has 0 radical (unpaired) electrons. The van der Waals surface area contributed by atoms with Crippen LogP contribution in [0.5, 0.6) is 0 Å². The molecule has 0 aliphatic heterocycles. The fourth-order valence-electron chi connectivity index (χ4n) is 1.50. The summed E-state index contributed by atoms with van der Waals surface area (Å²) in [5.41, 5.74) is 1.52. The average Bonchev–Trinajstić information content (AvgIpc) is 2.39. The van der Waals surface area contributed by atoms with Gasteiger partial charge in [-0.25, -0.2) is 4.79 Å². The van der Waals surface area contributed by atoms with E-state index in [0.29, 0.717) is 0 Å². The second-order valence-corrected chi connectivity index (χ2v) is 3.86. The van der Waals surface area contributed by atoms with Crippen molar-refractivity contribution in [2.45, 2.75) is 0 Å². The van der Waals surface area contributed by atoms with Crippen LogP contribution in [0, 0.1) is 0 Å². The number of rotatable bonds is 1. The van der Waals surface area contributed by atoms with E-state index in [1.807, 2.05) is 30.3 Å². The number of methoxy groups -OCH3 is 1. The third kappa shape index (κ3) is 2.72. The number of para-hydroxylation sites is 1. The quantitative estimate of drug-likeness (QED) is 0.771. The third-order valence-electron chi connectivity index (χ3n) is 2.28. The molecule has 6 heteroatoms. The van der Waals surface area contributed by atoms with Gasteiger partial charge in [-0.15, -0.1) is 0 Å². The highest BCUT2D eigenvalue weighted by Crippen LogP contribution is 2.20. The first-order valence-electron chi connectivity index (χ1n) is 5.20. The molecular weight excluding hydrogens is 250 g/mol. The number of benzene rings is 1. The lowest BCUT2D eigenvalue weighted by Crippen LogP contribution is -2.33. The van der Waals surface area contributed by atoms with Crippen LogP contribution in [-0.4, -0.2) is 23.3 Å². The number of pyridine rings is 1. The lowest BCUT2D eigenvalue weighted by molar-refractivity contribution is 0.177. The molecule has 0 spiro atoms. The van der Waals surface area contributed by atoms with Gasteiger partial charge >= 0.3 is 6.09 Å². The van der Waals surface area contributed by atoms with Gasteiger partial charge < -0.3 is 10.1 Å². The van der Waals surface area contributed by atoms with E-state index < -0.39 is 6.09 Å². The van der Waals surface area contributed by atoms with Gasteiger partial charge in [0.25, 0.3) is 0 Å². The van der Waals surface area contributed by atoms with Crippen LogP contribution >= 0.6 is 12.2 Å². The zero-order valence-corrected chi connectivity index (χ0v) is 10.5. The summed E-state index contributed by atoms with van der Waals surface area (Å²) < 4.78 is 4.45. The minimum absolute atomic E-state index is 0.167. The maximum absolute atomic E-state index is 11.0. The van der Waals surface area contributed by atoms with E-state index in [0.717, 1.165) is 16.6 Å². The average molecular weight is 261 g/mol. The highest BCUT2D eigenvalue weighted by Gasteiger charge is 2.06. The molecule has 2 N–H and O–H groups in total. The van der Waals surface area contributed by atoms with Gasteiger partial charge in [0.15, 0.2) is 5.11 Å². The molecule has 0 unspecified atom stereocenters. The Kier molecular flexibility index (Phi) is 3.69. The van der Waals surface area contributed by atoms with E-state index in [-0.39, 0.29) is 5.11 Å². The first-order chi connectivity index (χ1) is 8.70. The van der Waals surface area contributed by atoms with E-state index in [9.17, 15) is 4.79 Å². The number of anilines is 1. The van der Waals surface area contributed by atoms with Crippen LogP contribution in [-0.2, 0) is 4.74 Å². The van der Waals surface area contributed by atoms with Crippen LogP contribution in [0.15, 0.2) is 36.5 Å². The first-order valence-corrected chi connectivity index (χ1v) is 5.61. The van der Waals surface area contributed by atoms with Crippen molar-refractivity contribution in [2.75, 3.05) is 12.4 Å². The molecular formula is C12H11N3O2S. The summed E-state index contributed by atoms with van der Waals surface area (Å²) >= 11 is 4.99. The molecule has 0 saturated carbocycles. The molecule has 0 atom stereocenters. The molecule has 2 rings (SSSR count). The number of alkyl carbamates (subject to hydrolysis) is 1. The SMILES string of the molecule is COC(=O)NC(=S)Nc1cccc2cccnc12. The number of aromatic nitrogens is 1. The number of hydrogen-bond acceptors (Lipinski definition) is 4. The van der Waals surface area contributed by atoms with Crippen LogP contribution in [0.3, 0.4) is 0 Å². The first kappa shape index (κ1) is 12.3. The highest BCUT2D eigenvalue weighted by molar-refractivity contribution is 7.80. The van der Waals surface area contributed by atoms with Crippen LogP contribution in [0.25, 0.3) is 10.9 Å². The Hall–Kier alpha value is -2.21. The summed E-state index contributed by atoms with van der Waals surface area (Å²) in [6.07, 6.45) is 1.09. The number of ether oxygens (including phenoxy) is 1. The number of nitrogens with one attached hydrogen (secondary N) is 2. The van der Waals surface area contributed by atoms with E-state index in [1.54, 1.807) is 6.20 Å². The van der Waals surface area contributed by atoms with E-state index in [1.165, 1.54) is 7.11 Å². The monoisotopic (exact) mass is 261 g/mol. The molecule has 0 bridgehead atoms. The maximum atomic E-state index is 11.0. The van der Waals surface area contributed by atoms with Crippen molar-refractivity contribution in [1.82, 2.24) is 10.3 Å². The largest absolute Gasteiger partial charge is 0.453 e. The zero-order valence-electron chi connectivity index (χ0n) is 9.64. The minimum Gasteiger partial charge on any atom is -0.453 e. The molecule has 0 saturated heterocycles. The molecule has 2 aromatic rings. The Balaban J connectivity index is 2.21. The smallest absolute Gasteiger partial charge is 0.413 e. The van der Waals surface area contributed by atoms with E-state index in [4.69, 9.17) is 12.2 Å². The van der Waals surface area contributed by atoms with Crippen LogP contribution in [0.2, 0.25) is 0 Å². The Bertz CT molecular complexity index is 595. The predicted molar refractivity (Wildman–Crippen MR) is 73.5 cm³/mol. The standard InChI is InChI=1S/C12H11N3O2S/c1-17-12(16)15-11(18)14-9-6-2-4-8-5-3-7-13-10(8)9/h2-7H,1H3,(H2,14,15,16,18). The van der Waals surface area contributed by atoms with Gasteiger partial charge in [-0.1, -0.05) is 18.2 Å². The summed E-state index contributed by atoms with van der Waals surface area (Å²) in [6, 6.07) is 9.47. The van der Waals surface area contributed by atoms with Crippen molar-refractivity contribution in [3.8, 4) is 0 Å².